The van der Waals surface area contributed by atoms with E-state index in [4.69, 9.17) is 16.3 Å². The molecular formula is C28H33ClN2O4S. The summed E-state index contributed by atoms with van der Waals surface area (Å²) in [5, 5.41) is 3.16. The van der Waals surface area contributed by atoms with Gasteiger partial charge in [0.1, 0.15) is 5.75 Å². The maximum atomic E-state index is 13.6. The number of sulfonamides is 1. The van der Waals surface area contributed by atoms with Crippen molar-refractivity contribution < 1.29 is 17.9 Å². The zero-order valence-corrected chi connectivity index (χ0v) is 22.9. The molecule has 0 aliphatic carbocycles. The Balaban J connectivity index is 1.84. The second-order valence-electron chi connectivity index (χ2n) is 8.95. The number of carbonyl (C=O) groups is 1. The Morgan fingerprint density at radius 3 is 2.31 bits per heavy atom. The van der Waals surface area contributed by atoms with Crippen LogP contribution in [-0.2, 0) is 21.2 Å². The van der Waals surface area contributed by atoms with Crippen molar-refractivity contribution in [2.24, 2.45) is 0 Å². The van der Waals surface area contributed by atoms with Gasteiger partial charge in [0.15, 0.2) is 0 Å². The summed E-state index contributed by atoms with van der Waals surface area (Å²) in [6.07, 6.45) is 0.461. The lowest BCUT2D eigenvalue weighted by atomic mass is 9.96. The largest absolute Gasteiger partial charge is 0.495 e. The van der Waals surface area contributed by atoms with Gasteiger partial charge < -0.3 is 10.1 Å². The van der Waals surface area contributed by atoms with Crippen molar-refractivity contribution >= 4 is 27.5 Å². The molecule has 3 rings (SSSR count). The van der Waals surface area contributed by atoms with Crippen molar-refractivity contribution in [1.29, 1.82) is 0 Å². The monoisotopic (exact) mass is 528 g/mol. The lowest BCUT2D eigenvalue weighted by molar-refractivity contribution is -0.121. The van der Waals surface area contributed by atoms with Crippen molar-refractivity contribution in [2.75, 3.05) is 20.2 Å². The smallest absolute Gasteiger partial charge is 0.243 e. The number of hydrogen-bond acceptors (Lipinski definition) is 4. The summed E-state index contributed by atoms with van der Waals surface area (Å²) < 4.78 is 33.5. The zero-order valence-electron chi connectivity index (χ0n) is 21.3. The lowest BCUT2D eigenvalue weighted by Gasteiger charge is -2.24. The van der Waals surface area contributed by atoms with Gasteiger partial charge in [0.25, 0.3) is 0 Å². The van der Waals surface area contributed by atoms with E-state index in [-0.39, 0.29) is 35.0 Å². The molecular weight excluding hydrogens is 496 g/mol. The van der Waals surface area contributed by atoms with Gasteiger partial charge >= 0.3 is 0 Å². The van der Waals surface area contributed by atoms with Crippen molar-refractivity contribution in [2.45, 2.75) is 45.1 Å². The van der Waals surface area contributed by atoms with Crippen LogP contribution >= 0.6 is 11.6 Å². The topological polar surface area (TPSA) is 75.7 Å². The molecule has 1 N–H and O–H groups in total. The van der Waals surface area contributed by atoms with E-state index in [1.165, 1.54) is 35.2 Å². The summed E-state index contributed by atoms with van der Waals surface area (Å²) in [6, 6.07) is 17.8. The fourth-order valence-electron chi connectivity index (χ4n) is 4.11. The summed E-state index contributed by atoms with van der Waals surface area (Å²) in [5.41, 5.74) is 5.38. The van der Waals surface area contributed by atoms with Crippen molar-refractivity contribution in [3.8, 4) is 5.75 Å². The highest BCUT2D eigenvalue weighted by Gasteiger charge is 2.28. The molecule has 192 valence electrons. The molecule has 0 aliphatic heterocycles. The van der Waals surface area contributed by atoms with Gasteiger partial charge in [-0.25, -0.2) is 8.42 Å². The molecule has 0 fully saturated rings. The van der Waals surface area contributed by atoms with Crippen molar-refractivity contribution in [1.82, 2.24) is 9.62 Å². The van der Waals surface area contributed by atoms with E-state index < -0.39 is 10.0 Å². The van der Waals surface area contributed by atoms with Crippen LogP contribution in [0.1, 0.15) is 40.8 Å². The molecule has 0 bridgehead atoms. The number of nitrogens with one attached hydrogen (secondary N) is 1. The van der Waals surface area contributed by atoms with E-state index in [1.807, 2.05) is 51.1 Å². The minimum Gasteiger partial charge on any atom is -0.495 e. The number of methoxy groups -OCH3 is 1. The van der Waals surface area contributed by atoms with Crippen LogP contribution in [-0.4, -0.2) is 38.8 Å². The summed E-state index contributed by atoms with van der Waals surface area (Å²) in [7, 11) is -2.54. The average Bonchev–Trinajstić information content (AvgIpc) is 2.84. The Kier molecular flexibility index (Phi) is 9.17. The highest BCUT2D eigenvalue weighted by molar-refractivity contribution is 7.89. The maximum Gasteiger partial charge on any atom is 0.243 e. The molecule has 3 aromatic rings. The summed E-state index contributed by atoms with van der Waals surface area (Å²) in [6.45, 7) is 7.82. The van der Waals surface area contributed by atoms with E-state index in [9.17, 15) is 13.2 Å². The summed E-state index contributed by atoms with van der Waals surface area (Å²) in [5.74, 6) is -0.00171. The number of amides is 1. The molecule has 6 nitrogen and oxygen atoms in total. The van der Waals surface area contributed by atoms with Crippen LogP contribution in [0.15, 0.2) is 65.6 Å². The van der Waals surface area contributed by atoms with Crippen LogP contribution in [0.4, 0.5) is 0 Å². The van der Waals surface area contributed by atoms with Crippen LogP contribution in [0.5, 0.6) is 5.75 Å². The zero-order chi connectivity index (χ0) is 26.5. The second kappa shape index (κ2) is 11.9. The van der Waals surface area contributed by atoms with Gasteiger partial charge in [0.05, 0.1) is 29.6 Å². The third-order valence-electron chi connectivity index (χ3n) is 6.30. The summed E-state index contributed by atoms with van der Waals surface area (Å²) in [4.78, 5) is 13.1. The summed E-state index contributed by atoms with van der Waals surface area (Å²) >= 11 is 6.21. The van der Waals surface area contributed by atoms with Crippen LogP contribution < -0.4 is 10.1 Å². The molecule has 0 saturated heterocycles. The molecule has 0 radical (unpaired) electrons. The number of nitrogens with zero attached hydrogens (tertiary/aromatic N) is 1. The van der Waals surface area contributed by atoms with Gasteiger partial charge in [0.2, 0.25) is 15.9 Å². The Morgan fingerprint density at radius 2 is 1.67 bits per heavy atom. The molecule has 3 aromatic carbocycles. The first kappa shape index (κ1) is 27.7. The lowest BCUT2D eigenvalue weighted by Crippen LogP contribution is -2.42. The van der Waals surface area contributed by atoms with E-state index >= 15 is 0 Å². The molecule has 0 heterocycles. The Hall–Kier alpha value is -2.87. The quantitative estimate of drug-likeness (QED) is 0.383. The Morgan fingerprint density at radius 1 is 1.00 bits per heavy atom. The van der Waals surface area contributed by atoms with Crippen LogP contribution in [0.3, 0.4) is 0 Å². The van der Waals surface area contributed by atoms with Gasteiger partial charge in [0, 0.05) is 6.54 Å². The van der Waals surface area contributed by atoms with Gasteiger partial charge in [-0.2, -0.15) is 4.31 Å². The van der Waals surface area contributed by atoms with Crippen LogP contribution in [0.25, 0.3) is 0 Å². The standard InChI is InChI=1S/C28H33ClN2O4S/c1-19-15-21(3)25(16-20(19)2)22(4)30-28(32)18-31(14-13-23-9-7-6-8-10-23)36(33,34)24-11-12-27(35-5)26(29)17-24/h6-12,15-17,22H,13-14,18H2,1-5H3,(H,30,32). The van der Waals surface area contributed by atoms with E-state index in [0.717, 1.165) is 22.3 Å². The molecule has 0 saturated carbocycles. The Labute approximate surface area is 219 Å². The number of hydrogen-bond donors (Lipinski definition) is 1. The van der Waals surface area contributed by atoms with Gasteiger partial charge in [-0.15, -0.1) is 0 Å². The number of ether oxygens (including phenoxy) is 1. The molecule has 1 amide bonds. The molecule has 1 atom stereocenters. The first-order chi connectivity index (χ1) is 17.0. The highest BCUT2D eigenvalue weighted by Crippen LogP contribution is 2.29. The van der Waals surface area contributed by atoms with Crippen LogP contribution in [0.2, 0.25) is 5.02 Å². The fraction of sp³-hybridized carbons (Fsp3) is 0.321. The van der Waals surface area contributed by atoms with E-state index in [1.54, 1.807) is 0 Å². The number of aryl methyl sites for hydroxylation is 3. The normalized spacial score (nSPS) is 12.4. The average molecular weight is 529 g/mol. The van der Waals surface area contributed by atoms with E-state index in [2.05, 4.69) is 24.4 Å². The molecule has 1 unspecified atom stereocenters. The highest BCUT2D eigenvalue weighted by atomic mass is 35.5. The number of rotatable bonds is 10. The number of carbonyl (C=O) groups excluding carboxylic acids is 1. The predicted octanol–water partition coefficient (Wildman–Crippen LogP) is 5.38. The third kappa shape index (κ3) is 6.66. The maximum absolute atomic E-state index is 13.6. The SMILES string of the molecule is COc1ccc(S(=O)(=O)N(CCc2ccccc2)CC(=O)NC(C)c2cc(C)c(C)cc2C)cc1Cl. The first-order valence-electron chi connectivity index (χ1n) is 11.8. The van der Waals surface area contributed by atoms with Gasteiger partial charge in [-0.3, -0.25) is 4.79 Å². The van der Waals surface area contributed by atoms with E-state index in [0.29, 0.717) is 12.2 Å². The minimum atomic E-state index is -4.00. The Bertz CT molecular complexity index is 1330. The molecule has 0 aromatic heterocycles. The molecule has 0 spiro atoms. The second-order valence-corrected chi connectivity index (χ2v) is 11.3. The van der Waals surface area contributed by atoms with Crippen LogP contribution in [0, 0.1) is 20.8 Å². The number of benzene rings is 3. The minimum absolute atomic E-state index is 0.00668. The third-order valence-corrected chi connectivity index (χ3v) is 8.44. The molecule has 8 heteroatoms. The molecule has 0 aliphatic rings. The molecule has 36 heavy (non-hydrogen) atoms. The fourth-order valence-corrected chi connectivity index (χ4v) is 5.86. The van der Waals surface area contributed by atoms with Gasteiger partial charge in [-0.1, -0.05) is 54.1 Å². The van der Waals surface area contributed by atoms with Gasteiger partial charge in [-0.05, 0) is 80.1 Å². The van der Waals surface area contributed by atoms with Crippen molar-refractivity contribution in [3.05, 3.63) is 93.5 Å². The number of halogens is 1. The predicted molar refractivity (Wildman–Crippen MR) is 144 cm³/mol. The first-order valence-corrected chi connectivity index (χ1v) is 13.6. The van der Waals surface area contributed by atoms with Crippen molar-refractivity contribution in [3.63, 3.8) is 0 Å².